The lowest BCUT2D eigenvalue weighted by atomic mass is 9.59. The fourth-order valence-corrected chi connectivity index (χ4v) is 4.52. The van der Waals surface area contributed by atoms with Gasteiger partial charge in [-0.2, -0.15) is 0 Å². The molecule has 1 aromatic carbocycles. The van der Waals surface area contributed by atoms with Crippen LogP contribution in [0.25, 0.3) is 0 Å². The van der Waals surface area contributed by atoms with Crippen molar-refractivity contribution in [2.24, 2.45) is 23.7 Å². The maximum Gasteiger partial charge on any atom is 0.234 e. The number of carbonyl (C=O) groups excluding carboxylic acids is 3. The Morgan fingerprint density at radius 2 is 1.74 bits per heavy atom. The van der Waals surface area contributed by atoms with Gasteiger partial charge in [-0.15, -0.1) is 0 Å². The molecule has 3 aliphatic carbocycles. The van der Waals surface area contributed by atoms with E-state index in [0.717, 1.165) is 24.2 Å². The predicted molar refractivity (Wildman–Crippen MR) is 81.4 cm³/mol. The quantitative estimate of drug-likeness (QED) is 0.798. The molecule has 120 valence electrons. The summed E-state index contributed by atoms with van der Waals surface area (Å²) in [6.07, 6.45) is 2.13. The van der Waals surface area contributed by atoms with Gasteiger partial charge in [0.05, 0.1) is 25.5 Å². The highest BCUT2D eigenvalue weighted by Crippen LogP contribution is 2.51. The Labute approximate surface area is 134 Å². The van der Waals surface area contributed by atoms with Gasteiger partial charge in [0.1, 0.15) is 11.5 Å². The van der Waals surface area contributed by atoms with E-state index in [-0.39, 0.29) is 41.9 Å². The summed E-state index contributed by atoms with van der Waals surface area (Å²) in [5.41, 5.74) is 0.893. The zero-order valence-electron chi connectivity index (χ0n) is 13.0. The highest BCUT2D eigenvalue weighted by atomic mass is 16.5. The van der Waals surface area contributed by atoms with Gasteiger partial charge in [-0.3, -0.25) is 19.3 Å². The van der Waals surface area contributed by atoms with Gasteiger partial charge in [-0.05, 0) is 36.5 Å². The molecular weight excluding hydrogens is 294 g/mol. The molecule has 2 unspecified atom stereocenters. The van der Waals surface area contributed by atoms with Crippen LogP contribution in [0.2, 0.25) is 0 Å². The van der Waals surface area contributed by atoms with Crippen LogP contribution in [0.5, 0.6) is 5.75 Å². The van der Waals surface area contributed by atoms with Gasteiger partial charge in [0, 0.05) is 12.3 Å². The average Bonchev–Trinajstić information content (AvgIpc) is 2.83. The van der Waals surface area contributed by atoms with Crippen LogP contribution in [-0.2, 0) is 20.9 Å². The highest BCUT2D eigenvalue weighted by Gasteiger charge is 2.60. The molecule has 1 aromatic rings. The van der Waals surface area contributed by atoms with Crippen LogP contribution in [0.1, 0.15) is 24.8 Å². The molecule has 5 heteroatoms. The van der Waals surface area contributed by atoms with Gasteiger partial charge in [-0.1, -0.05) is 12.1 Å². The first-order chi connectivity index (χ1) is 11.1. The van der Waals surface area contributed by atoms with E-state index in [1.807, 2.05) is 24.3 Å². The number of imide groups is 1. The summed E-state index contributed by atoms with van der Waals surface area (Å²) >= 11 is 0. The number of hydrogen-bond donors (Lipinski definition) is 0. The van der Waals surface area contributed by atoms with E-state index in [0.29, 0.717) is 6.42 Å². The van der Waals surface area contributed by atoms with E-state index in [9.17, 15) is 14.4 Å². The first-order valence-electron chi connectivity index (χ1n) is 8.11. The molecule has 0 spiro atoms. The number of ketones is 1. The largest absolute Gasteiger partial charge is 0.497 e. The number of benzene rings is 1. The number of fused-ring (bicyclic) bond motifs is 2. The molecule has 1 saturated heterocycles. The molecule has 2 amide bonds. The van der Waals surface area contributed by atoms with Crippen molar-refractivity contribution >= 4 is 17.6 Å². The highest BCUT2D eigenvalue weighted by molar-refractivity contribution is 6.08. The second-order valence-corrected chi connectivity index (χ2v) is 6.78. The van der Waals surface area contributed by atoms with Gasteiger partial charge in [0.15, 0.2) is 0 Å². The normalized spacial score (nSPS) is 32.4. The Balaban J connectivity index is 1.59. The van der Waals surface area contributed by atoms with Crippen LogP contribution in [0.3, 0.4) is 0 Å². The molecule has 4 aliphatic rings. The summed E-state index contributed by atoms with van der Waals surface area (Å²) in [5.74, 6) is -0.160. The van der Waals surface area contributed by atoms with E-state index in [2.05, 4.69) is 0 Å². The average molecular weight is 313 g/mol. The third kappa shape index (κ3) is 2.10. The summed E-state index contributed by atoms with van der Waals surface area (Å²) in [6.45, 7) is 0.280. The van der Waals surface area contributed by atoms with Gasteiger partial charge in [-0.25, -0.2) is 0 Å². The molecule has 5 rings (SSSR count). The summed E-state index contributed by atoms with van der Waals surface area (Å²) in [6, 6.07) is 7.36. The van der Waals surface area contributed by atoms with Crippen LogP contribution in [-0.4, -0.2) is 29.6 Å². The first-order valence-corrected chi connectivity index (χ1v) is 8.11. The molecule has 0 aromatic heterocycles. The van der Waals surface area contributed by atoms with E-state index >= 15 is 0 Å². The minimum Gasteiger partial charge on any atom is -0.497 e. The number of carbonyl (C=O) groups is 3. The van der Waals surface area contributed by atoms with E-state index < -0.39 is 5.92 Å². The summed E-state index contributed by atoms with van der Waals surface area (Å²) in [5, 5.41) is 0. The van der Waals surface area contributed by atoms with Crippen molar-refractivity contribution in [1.29, 1.82) is 0 Å². The SMILES string of the molecule is COc1ccc(CN2C(=O)[C@@H]3C4CCC(CC4=O)[C@@H]3C2=O)cc1. The predicted octanol–water partition coefficient (Wildman–Crippen LogP) is 1.80. The summed E-state index contributed by atoms with van der Waals surface area (Å²) in [4.78, 5) is 38.9. The molecular formula is C18H19NO4. The topological polar surface area (TPSA) is 63.7 Å². The Hall–Kier alpha value is -2.17. The molecule has 4 fully saturated rings. The van der Waals surface area contributed by atoms with Crippen LogP contribution in [0.15, 0.2) is 24.3 Å². The minimum absolute atomic E-state index is 0.0646. The fourth-order valence-electron chi connectivity index (χ4n) is 4.52. The number of rotatable bonds is 3. The second kappa shape index (κ2) is 5.18. The smallest absolute Gasteiger partial charge is 0.234 e. The third-order valence-corrected chi connectivity index (χ3v) is 5.66. The number of methoxy groups -OCH3 is 1. The third-order valence-electron chi connectivity index (χ3n) is 5.66. The van der Waals surface area contributed by atoms with E-state index in [1.54, 1.807) is 7.11 Å². The van der Waals surface area contributed by atoms with Crippen LogP contribution < -0.4 is 4.74 Å². The molecule has 1 aliphatic heterocycles. The Kier molecular flexibility index (Phi) is 3.25. The summed E-state index contributed by atoms with van der Waals surface area (Å²) < 4.78 is 5.12. The zero-order valence-corrected chi connectivity index (χ0v) is 13.0. The minimum atomic E-state index is -0.402. The first kappa shape index (κ1) is 14.4. The lowest BCUT2D eigenvalue weighted by Gasteiger charge is -2.41. The van der Waals surface area contributed by atoms with E-state index in [1.165, 1.54) is 4.90 Å². The molecule has 1 heterocycles. The van der Waals surface area contributed by atoms with Gasteiger partial charge in [0.25, 0.3) is 0 Å². The van der Waals surface area contributed by atoms with Gasteiger partial charge < -0.3 is 4.74 Å². The Bertz CT molecular complexity index is 681. The molecule has 0 radical (unpaired) electrons. The lowest BCUT2D eigenvalue weighted by molar-refractivity contribution is -0.144. The van der Waals surface area contributed by atoms with Crippen LogP contribution in [0, 0.1) is 23.7 Å². The zero-order chi connectivity index (χ0) is 16.1. The molecule has 5 nitrogen and oxygen atoms in total. The van der Waals surface area contributed by atoms with Gasteiger partial charge in [0.2, 0.25) is 11.8 Å². The lowest BCUT2D eigenvalue weighted by Crippen LogP contribution is -2.46. The number of nitrogens with zero attached hydrogens (tertiary/aromatic N) is 1. The van der Waals surface area contributed by atoms with Crippen molar-refractivity contribution in [2.75, 3.05) is 7.11 Å². The van der Waals surface area contributed by atoms with Crippen molar-refractivity contribution < 1.29 is 19.1 Å². The van der Waals surface area contributed by atoms with Crippen LogP contribution >= 0.6 is 0 Å². The van der Waals surface area contributed by atoms with Crippen molar-refractivity contribution in [3.63, 3.8) is 0 Å². The van der Waals surface area contributed by atoms with Crippen molar-refractivity contribution in [3.05, 3.63) is 29.8 Å². The number of hydrogen-bond acceptors (Lipinski definition) is 4. The number of ether oxygens (including phenoxy) is 1. The summed E-state index contributed by atoms with van der Waals surface area (Å²) in [7, 11) is 1.60. The molecule has 3 saturated carbocycles. The van der Waals surface area contributed by atoms with Crippen molar-refractivity contribution in [3.8, 4) is 5.75 Å². The monoisotopic (exact) mass is 313 g/mol. The fraction of sp³-hybridized carbons (Fsp3) is 0.500. The maximum absolute atomic E-state index is 12.7. The van der Waals surface area contributed by atoms with Crippen molar-refractivity contribution in [2.45, 2.75) is 25.8 Å². The molecule has 0 N–H and O–H groups in total. The maximum atomic E-state index is 12.7. The molecule has 23 heavy (non-hydrogen) atoms. The molecule has 4 atom stereocenters. The van der Waals surface area contributed by atoms with E-state index in [4.69, 9.17) is 4.74 Å². The molecule has 2 bridgehead atoms. The Morgan fingerprint density at radius 3 is 2.39 bits per heavy atom. The number of amides is 2. The second-order valence-electron chi connectivity index (χ2n) is 6.78. The number of Topliss-reactive ketones (excluding diaryl/α,β-unsaturated/α-hetero) is 1. The number of likely N-dealkylation sites (tertiary alicyclic amines) is 1. The standard InChI is InChI=1S/C18H19NO4/c1-23-12-5-2-10(3-6-12)9-19-17(21)15-11-4-7-13(14(20)8-11)16(15)18(19)22/h2-3,5-6,11,13,15-16H,4,7-9H2,1H3/t11?,13?,15-,16+/m0/s1. The van der Waals surface area contributed by atoms with Crippen LogP contribution in [0.4, 0.5) is 0 Å². The van der Waals surface area contributed by atoms with Gasteiger partial charge >= 0.3 is 0 Å². The van der Waals surface area contributed by atoms with Crippen molar-refractivity contribution in [1.82, 2.24) is 4.90 Å². The Morgan fingerprint density at radius 1 is 1.04 bits per heavy atom.